The number of rotatable bonds is 8. The number of esters is 1. The quantitative estimate of drug-likeness (QED) is 0.199. The highest BCUT2D eigenvalue weighted by Crippen LogP contribution is 2.31. The Hall–Kier alpha value is -3.33. The molecule has 0 bridgehead atoms. The van der Waals surface area contributed by atoms with Gasteiger partial charge >= 0.3 is 12.1 Å². The first-order valence-electron chi connectivity index (χ1n) is 12.0. The molecule has 4 aromatic rings. The third kappa shape index (κ3) is 7.62. The summed E-state index contributed by atoms with van der Waals surface area (Å²) in [4.78, 5) is 29.4. The molecule has 39 heavy (non-hydrogen) atoms. The highest BCUT2D eigenvalue weighted by Gasteiger charge is 2.25. The van der Waals surface area contributed by atoms with Crippen LogP contribution >= 0.6 is 39.1 Å². The van der Waals surface area contributed by atoms with Crippen LogP contribution in [0.25, 0.3) is 11.3 Å². The molecule has 1 amide bonds. The molecule has 0 unspecified atom stereocenters. The van der Waals surface area contributed by atoms with Gasteiger partial charge in [0.25, 0.3) is 0 Å². The predicted molar refractivity (Wildman–Crippen MR) is 157 cm³/mol. The molecule has 0 atom stereocenters. The van der Waals surface area contributed by atoms with Crippen molar-refractivity contribution in [1.29, 1.82) is 0 Å². The van der Waals surface area contributed by atoms with E-state index in [1.165, 1.54) is 7.11 Å². The van der Waals surface area contributed by atoms with E-state index in [4.69, 9.17) is 32.7 Å². The summed E-state index contributed by atoms with van der Waals surface area (Å²) in [6.07, 6.45) is 1.67. The number of anilines is 1. The van der Waals surface area contributed by atoms with Gasteiger partial charge in [-0.15, -0.1) is 0 Å². The van der Waals surface area contributed by atoms with Crippen molar-refractivity contribution in [3.63, 3.8) is 0 Å². The fraction of sp³-hybridized carbons (Fsp3) is 0.207. The number of carbonyl (C=O) groups excluding carboxylic acids is 2. The van der Waals surface area contributed by atoms with E-state index in [0.29, 0.717) is 39.8 Å². The second kappa shape index (κ2) is 12.2. The average molecular weight is 631 g/mol. The van der Waals surface area contributed by atoms with Crippen molar-refractivity contribution in [2.45, 2.75) is 32.4 Å². The Morgan fingerprint density at radius 3 is 2.31 bits per heavy atom. The van der Waals surface area contributed by atoms with E-state index >= 15 is 0 Å². The average Bonchev–Trinajstić information content (AvgIpc) is 3.26. The van der Waals surface area contributed by atoms with Gasteiger partial charge in [-0.2, -0.15) is 0 Å². The zero-order valence-electron chi connectivity index (χ0n) is 21.5. The summed E-state index contributed by atoms with van der Waals surface area (Å²) < 4.78 is 13.3. The highest BCUT2D eigenvalue weighted by atomic mass is 79.9. The van der Waals surface area contributed by atoms with Gasteiger partial charge in [-0.3, -0.25) is 5.32 Å². The number of halogens is 3. The molecular formula is C29H26BrCl2N3O4. The Morgan fingerprint density at radius 2 is 1.67 bits per heavy atom. The lowest BCUT2D eigenvalue weighted by atomic mass is 9.98. The van der Waals surface area contributed by atoms with Crippen molar-refractivity contribution in [3.05, 3.63) is 104 Å². The van der Waals surface area contributed by atoms with Gasteiger partial charge in [0.2, 0.25) is 5.95 Å². The first-order chi connectivity index (χ1) is 18.5. The molecule has 0 saturated heterocycles. The zero-order valence-corrected chi connectivity index (χ0v) is 24.6. The van der Waals surface area contributed by atoms with Gasteiger partial charge in [0.1, 0.15) is 5.60 Å². The molecule has 0 spiro atoms. The lowest BCUT2D eigenvalue weighted by molar-refractivity contribution is 0.0491. The monoisotopic (exact) mass is 629 g/mol. The Morgan fingerprint density at radius 1 is 1.00 bits per heavy atom. The topological polar surface area (TPSA) is 82.5 Å². The summed E-state index contributed by atoms with van der Waals surface area (Å²) in [7, 11) is 1.34. The number of carbonyl (C=O) groups is 2. The summed E-state index contributed by atoms with van der Waals surface area (Å²) in [5, 5.41) is 3.71. The Kier molecular flexibility index (Phi) is 9.00. The molecule has 4 rings (SSSR count). The first-order valence-corrected chi connectivity index (χ1v) is 13.5. The third-order valence-corrected chi connectivity index (χ3v) is 6.91. The SMILES string of the molecule is COC(=O)c1ccc(Cn2cc(-c3ccc(Cl)cc3Cl)nc2NC(=O)OC(C)(C)Cc2ccc(Br)cc2)cc1. The molecule has 10 heteroatoms. The van der Waals surface area contributed by atoms with Gasteiger partial charge in [-0.25, -0.2) is 14.6 Å². The summed E-state index contributed by atoms with van der Waals surface area (Å²) in [5.74, 6) is -0.141. The molecule has 0 aliphatic heterocycles. The van der Waals surface area contributed by atoms with E-state index in [1.54, 1.807) is 41.1 Å². The van der Waals surface area contributed by atoms with E-state index < -0.39 is 17.7 Å². The van der Waals surface area contributed by atoms with Crippen LogP contribution < -0.4 is 5.32 Å². The van der Waals surface area contributed by atoms with Crippen LogP contribution in [0.4, 0.5) is 10.7 Å². The minimum Gasteiger partial charge on any atom is -0.465 e. The number of nitrogens with one attached hydrogen (secondary N) is 1. The van der Waals surface area contributed by atoms with Crippen LogP contribution in [-0.2, 0) is 22.4 Å². The second-order valence-electron chi connectivity index (χ2n) is 9.47. The highest BCUT2D eigenvalue weighted by molar-refractivity contribution is 9.10. The summed E-state index contributed by atoms with van der Waals surface area (Å²) in [6, 6.07) is 20.0. The normalized spacial score (nSPS) is 11.2. The van der Waals surface area contributed by atoms with E-state index in [1.807, 2.05) is 50.2 Å². The number of imidazole rings is 1. The fourth-order valence-electron chi connectivity index (χ4n) is 4.02. The van der Waals surface area contributed by atoms with E-state index in [0.717, 1.165) is 15.6 Å². The molecule has 0 aliphatic carbocycles. The van der Waals surface area contributed by atoms with Crippen LogP contribution in [-0.4, -0.2) is 34.3 Å². The minimum absolute atomic E-state index is 0.275. The number of hydrogen-bond acceptors (Lipinski definition) is 5. The maximum atomic E-state index is 13.0. The van der Waals surface area contributed by atoms with Crippen LogP contribution in [0.1, 0.15) is 35.3 Å². The Bertz CT molecular complexity index is 1490. The van der Waals surface area contributed by atoms with Gasteiger partial charge in [0.05, 0.1) is 29.9 Å². The van der Waals surface area contributed by atoms with Gasteiger partial charge in [-0.1, -0.05) is 63.4 Å². The standard InChI is InChI=1S/C29H26BrCl2N3O4/c1-29(2,15-18-6-10-21(30)11-7-18)39-28(37)34-27-33-25(23-13-12-22(31)14-24(23)32)17-35(27)16-19-4-8-20(9-5-19)26(36)38-3/h4-14,17H,15-16H2,1-3H3,(H,33,34,37). The first kappa shape index (κ1) is 28.7. The number of aromatic nitrogens is 2. The van der Waals surface area contributed by atoms with Gasteiger partial charge in [-0.05, 0) is 67.4 Å². The van der Waals surface area contributed by atoms with Gasteiger partial charge in [0, 0.05) is 27.7 Å². The number of ether oxygens (including phenoxy) is 2. The smallest absolute Gasteiger partial charge is 0.414 e. The maximum absolute atomic E-state index is 13.0. The molecule has 202 valence electrons. The number of nitrogens with zero attached hydrogens (tertiary/aromatic N) is 2. The van der Waals surface area contributed by atoms with Crippen molar-refractivity contribution < 1.29 is 19.1 Å². The van der Waals surface area contributed by atoms with Crippen molar-refractivity contribution >= 4 is 57.1 Å². The van der Waals surface area contributed by atoms with Crippen molar-refractivity contribution in [1.82, 2.24) is 9.55 Å². The van der Waals surface area contributed by atoms with Crippen molar-refractivity contribution in [2.24, 2.45) is 0 Å². The second-order valence-corrected chi connectivity index (χ2v) is 11.2. The number of methoxy groups -OCH3 is 1. The van der Waals surface area contributed by atoms with E-state index in [9.17, 15) is 9.59 Å². The minimum atomic E-state index is -0.776. The zero-order chi connectivity index (χ0) is 28.2. The fourth-order valence-corrected chi connectivity index (χ4v) is 4.79. The molecule has 0 radical (unpaired) electrons. The van der Waals surface area contributed by atoms with Gasteiger partial charge < -0.3 is 14.0 Å². The largest absolute Gasteiger partial charge is 0.465 e. The van der Waals surface area contributed by atoms with Crippen LogP contribution in [0.2, 0.25) is 10.0 Å². The van der Waals surface area contributed by atoms with Crippen molar-refractivity contribution in [3.8, 4) is 11.3 Å². The van der Waals surface area contributed by atoms with E-state index in [-0.39, 0.29) is 5.95 Å². The molecule has 0 fully saturated rings. The summed E-state index contributed by atoms with van der Waals surface area (Å²) in [5.41, 5.74) is 2.78. The van der Waals surface area contributed by atoms with Crippen molar-refractivity contribution in [2.75, 3.05) is 12.4 Å². The van der Waals surface area contributed by atoms with E-state index in [2.05, 4.69) is 26.2 Å². The number of benzene rings is 3. The summed E-state index contributed by atoms with van der Waals surface area (Å²) >= 11 is 15.9. The molecule has 3 aromatic carbocycles. The van der Waals surface area contributed by atoms with Crippen LogP contribution in [0.3, 0.4) is 0 Å². The lowest BCUT2D eigenvalue weighted by Gasteiger charge is -2.25. The van der Waals surface area contributed by atoms with Crippen LogP contribution in [0.15, 0.2) is 77.4 Å². The molecule has 7 nitrogen and oxygen atoms in total. The number of amides is 1. The third-order valence-electron chi connectivity index (χ3n) is 5.84. The van der Waals surface area contributed by atoms with Gasteiger partial charge in [0.15, 0.2) is 0 Å². The van der Waals surface area contributed by atoms with Crippen LogP contribution in [0.5, 0.6) is 0 Å². The molecule has 0 saturated carbocycles. The predicted octanol–water partition coefficient (Wildman–Crippen LogP) is 8.02. The Balaban J connectivity index is 1.57. The molecule has 1 N–H and O–H groups in total. The number of hydrogen-bond donors (Lipinski definition) is 1. The Labute approximate surface area is 245 Å². The maximum Gasteiger partial charge on any atom is 0.414 e. The molecular weight excluding hydrogens is 605 g/mol. The molecule has 0 aliphatic rings. The molecule has 1 aromatic heterocycles. The summed E-state index contributed by atoms with van der Waals surface area (Å²) in [6.45, 7) is 4.06. The lowest BCUT2D eigenvalue weighted by Crippen LogP contribution is -2.33. The van der Waals surface area contributed by atoms with Crippen LogP contribution in [0, 0.1) is 0 Å². The molecule has 1 heterocycles.